The van der Waals surface area contributed by atoms with Gasteiger partial charge in [-0.25, -0.2) is 4.98 Å². The molecule has 1 aromatic heterocycles. The number of carbonyl (C=O) groups excluding carboxylic acids is 1. The number of nitrogens with zero attached hydrogens (tertiary/aromatic N) is 1. The molecule has 0 saturated heterocycles. The number of thiazole rings is 1. The van der Waals surface area contributed by atoms with Crippen LogP contribution in [-0.4, -0.2) is 32.1 Å². The van der Waals surface area contributed by atoms with Gasteiger partial charge in [0.05, 0.1) is 21.3 Å². The van der Waals surface area contributed by atoms with Crippen molar-refractivity contribution in [1.29, 1.82) is 0 Å². The zero-order valence-electron chi connectivity index (χ0n) is 16.4. The topological polar surface area (TPSA) is 57.7 Å². The minimum atomic E-state index is -0.213. The maximum atomic E-state index is 13.0. The van der Waals surface area contributed by atoms with Crippen LogP contribution >= 0.6 is 11.3 Å². The molecule has 0 aliphatic rings. The van der Waals surface area contributed by atoms with Gasteiger partial charge in [0, 0.05) is 16.5 Å². The van der Waals surface area contributed by atoms with E-state index >= 15 is 0 Å². The molecular weight excluding hydrogens is 386 g/mol. The lowest BCUT2D eigenvalue weighted by atomic mass is 10.1. The van der Waals surface area contributed by atoms with Crippen molar-refractivity contribution >= 4 is 17.1 Å². The van der Waals surface area contributed by atoms with Crippen LogP contribution in [0.3, 0.4) is 0 Å². The molecule has 0 saturated carbocycles. The summed E-state index contributed by atoms with van der Waals surface area (Å²) in [6, 6.07) is 20.8. The van der Waals surface area contributed by atoms with Crippen molar-refractivity contribution in [3.05, 3.63) is 83.4 Å². The number of methoxy groups -OCH3 is 3. The van der Waals surface area contributed by atoms with Gasteiger partial charge in [-0.3, -0.25) is 4.79 Å². The molecule has 1 heterocycles. The van der Waals surface area contributed by atoms with Crippen LogP contribution in [0.4, 0.5) is 0 Å². The third-order valence-electron chi connectivity index (χ3n) is 4.13. The van der Waals surface area contributed by atoms with Gasteiger partial charge in [0.15, 0.2) is 11.5 Å². The molecule has 0 N–H and O–H groups in total. The van der Waals surface area contributed by atoms with Crippen LogP contribution in [0.25, 0.3) is 10.6 Å². The SMILES string of the molecule is COc1cc(C(=O)c2csc(-c3ccccccccc3)n2)cc(OC)c1OC. The second-order valence-electron chi connectivity index (χ2n) is 5.92. The molecule has 0 amide bonds. The van der Waals surface area contributed by atoms with Gasteiger partial charge >= 0.3 is 0 Å². The molecule has 5 nitrogen and oxygen atoms in total. The second-order valence-corrected chi connectivity index (χ2v) is 6.77. The third-order valence-corrected chi connectivity index (χ3v) is 5.02. The molecule has 148 valence electrons. The molecule has 2 aromatic carbocycles. The molecule has 3 rings (SSSR count). The predicted molar refractivity (Wildman–Crippen MR) is 115 cm³/mol. The average molecular weight is 407 g/mol. The molecule has 0 bridgehead atoms. The molecule has 0 fully saturated rings. The molecule has 6 heteroatoms. The number of ketones is 1. The number of carbonyl (C=O) groups is 1. The molecule has 0 spiro atoms. The lowest BCUT2D eigenvalue weighted by molar-refractivity contribution is 0.103. The van der Waals surface area contributed by atoms with E-state index in [1.54, 1.807) is 17.5 Å². The number of benzene rings is 1. The summed E-state index contributed by atoms with van der Waals surface area (Å²) >= 11 is 1.42. The minimum absolute atomic E-state index is 0.213. The van der Waals surface area contributed by atoms with E-state index in [4.69, 9.17) is 14.2 Å². The fourth-order valence-corrected chi connectivity index (χ4v) is 3.51. The van der Waals surface area contributed by atoms with Gasteiger partial charge in [0.1, 0.15) is 10.7 Å². The Labute approximate surface area is 173 Å². The highest BCUT2D eigenvalue weighted by atomic mass is 32.1. The molecular formula is C23H21NO4S. The van der Waals surface area contributed by atoms with Crippen LogP contribution in [0.1, 0.15) is 16.1 Å². The van der Waals surface area contributed by atoms with Crippen LogP contribution in [-0.2, 0) is 0 Å². The standard InChI is InChI=1S/C23H21NO4S/c1-26-19-13-17(14-20(27-2)22(19)28-3)21(25)18-15-29-23(24-18)16-11-9-7-5-4-6-8-10-12-16/h4-15H,1-3H3. The monoisotopic (exact) mass is 407 g/mol. The minimum Gasteiger partial charge on any atom is -0.493 e. The zero-order chi connectivity index (χ0) is 20.6. The Morgan fingerprint density at radius 3 is 1.90 bits per heavy atom. The molecule has 0 aliphatic heterocycles. The highest BCUT2D eigenvalue weighted by Gasteiger charge is 2.20. The van der Waals surface area contributed by atoms with Gasteiger partial charge in [-0.2, -0.15) is 0 Å². The number of ether oxygens (including phenoxy) is 3. The van der Waals surface area contributed by atoms with Crippen molar-refractivity contribution in [2.24, 2.45) is 0 Å². The summed E-state index contributed by atoms with van der Waals surface area (Å²) < 4.78 is 16.0. The lowest BCUT2D eigenvalue weighted by Gasteiger charge is -2.13. The molecule has 3 aromatic rings. The zero-order valence-corrected chi connectivity index (χ0v) is 17.2. The summed E-state index contributed by atoms with van der Waals surface area (Å²) in [6.07, 6.45) is 0. The van der Waals surface area contributed by atoms with E-state index in [1.807, 2.05) is 54.6 Å². The first-order valence-electron chi connectivity index (χ1n) is 8.87. The fraction of sp³-hybridized carbons (Fsp3) is 0.130. The van der Waals surface area contributed by atoms with Gasteiger partial charge in [0.2, 0.25) is 11.5 Å². The van der Waals surface area contributed by atoms with E-state index in [-0.39, 0.29) is 5.78 Å². The Hall–Kier alpha value is -3.38. The quantitative estimate of drug-likeness (QED) is 0.526. The van der Waals surface area contributed by atoms with Crippen molar-refractivity contribution in [2.45, 2.75) is 0 Å². The van der Waals surface area contributed by atoms with E-state index in [1.165, 1.54) is 32.7 Å². The molecule has 0 aliphatic carbocycles. The van der Waals surface area contributed by atoms with Crippen molar-refractivity contribution in [2.75, 3.05) is 21.3 Å². The maximum Gasteiger partial charge on any atom is 0.212 e. The highest BCUT2D eigenvalue weighted by Crippen LogP contribution is 2.38. The molecule has 0 atom stereocenters. The van der Waals surface area contributed by atoms with Crippen LogP contribution in [0.5, 0.6) is 17.2 Å². The Bertz CT molecular complexity index is 1010. The summed E-state index contributed by atoms with van der Waals surface area (Å²) in [7, 11) is 4.55. The van der Waals surface area contributed by atoms with E-state index in [0.717, 1.165) is 10.6 Å². The smallest absolute Gasteiger partial charge is 0.212 e. The summed E-state index contributed by atoms with van der Waals surface area (Å²) in [5, 5.41) is 2.52. The van der Waals surface area contributed by atoms with E-state index in [9.17, 15) is 4.79 Å². The number of hydrogen-bond donors (Lipinski definition) is 0. The third kappa shape index (κ3) is 4.73. The first kappa shape index (κ1) is 20.4. The fourth-order valence-electron chi connectivity index (χ4n) is 2.71. The van der Waals surface area contributed by atoms with Gasteiger partial charge < -0.3 is 14.2 Å². The second kappa shape index (κ2) is 9.71. The van der Waals surface area contributed by atoms with Gasteiger partial charge in [-0.1, -0.05) is 54.6 Å². The Balaban J connectivity index is 1.98. The maximum absolute atomic E-state index is 13.0. The summed E-state index contributed by atoms with van der Waals surface area (Å²) in [5.41, 5.74) is 1.71. The normalized spacial score (nSPS) is 10.0. The van der Waals surface area contributed by atoms with Gasteiger partial charge in [0.25, 0.3) is 0 Å². The molecule has 0 unspecified atom stereocenters. The van der Waals surface area contributed by atoms with E-state index in [2.05, 4.69) is 4.98 Å². The summed E-state index contributed by atoms with van der Waals surface area (Å²) in [6.45, 7) is 0. The van der Waals surface area contributed by atoms with E-state index in [0.29, 0.717) is 28.5 Å². The van der Waals surface area contributed by atoms with Crippen LogP contribution in [0.15, 0.2) is 72.1 Å². The Morgan fingerprint density at radius 1 is 0.828 bits per heavy atom. The van der Waals surface area contributed by atoms with Crippen LogP contribution in [0.2, 0.25) is 0 Å². The van der Waals surface area contributed by atoms with Crippen molar-refractivity contribution < 1.29 is 19.0 Å². The highest BCUT2D eigenvalue weighted by molar-refractivity contribution is 7.13. The summed E-state index contributed by atoms with van der Waals surface area (Å²) in [4.78, 5) is 17.6. The van der Waals surface area contributed by atoms with Crippen molar-refractivity contribution in [3.8, 4) is 27.8 Å². The van der Waals surface area contributed by atoms with Gasteiger partial charge in [-0.05, 0) is 12.1 Å². The van der Waals surface area contributed by atoms with Gasteiger partial charge in [-0.15, -0.1) is 11.3 Å². The Kier molecular flexibility index (Phi) is 6.81. The largest absolute Gasteiger partial charge is 0.493 e. The molecule has 0 radical (unpaired) electrons. The first-order chi connectivity index (χ1) is 14.2. The van der Waals surface area contributed by atoms with Crippen LogP contribution < -0.4 is 14.2 Å². The first-order valence-corrected chi connectivity index (χ1v) is 9.75. The summed E-state index contributed by atoms with van der Waals surface area (Å²) in [5.74, 6) is 1.08. The van der Waals surface area contributed by atoms with Crippen molar-refractivity contribution in [1.82, 2.24) is 4.98 Å². The Morgan fingerprint density at radius 2 is 1.38 bits per heavy atom. The van der Waals surface area contributed by atoms with Crippen molar-refractivity contribution in [3.63, 3.8) is 0 Å². The average Bonchev–Trinajstić information content (AvgIpc) is 3.25. The lowest BCUT2D eigenvalue weighted by Crippen LogP contribution is -2.04. The molecule has 29 heavy (non-hydrogen) atoms. The van der Waals surface area contributed by atoms with E-state index < -0.39 is 0 Å². The number of aromatic nitrogens is 1. The number of hydrogen-bond acceptors (Lipinski definition) is 6. The predicted octanol–water partition coefficient (Wildman–Crippen LogP) is 5.19. The van der Waals surface area contributed by atoms with Crippen LogP contribution in [0, 0.1) is 0 Å². The number of rotatable bonds is 6.